The summed E-state index contributed by atoms with van der Waals surface area (Å²) in [6.45, 7) is 0. The van der Waals surface area contributed by atoms with Crippen molar-refractivity contribution in [3.8, 4) is 0 Å². The van der Waals surface area contributed by atoms with Gasteiger partial charge in [0.2, 0.25) is 0 Å². The molecule has 0 radical (unpaired) electrons. The Labute approximate surface area is 92.8 Å². The Kier molecular flexibility index (Phi) is 8.52. The van der Waals surface area contributed by atoms with Crippen LogP contribution >= 0.6 is 28.1 Å². The Balaban J connectivity index is 0.000000265. The maximum absolute atomic E-state index is 9.39. The first-order valence-corrected chi connectivity index (χ1v) is 6.32. The van der Waals surface area contributed by atoms with Crippen molar-refractivity contribution in [2.75, 3.05) is 0 Å². The molecule has 15 heavy (non-hydrogen) atoms. The highest BCUT2D eigenvalue weighted by Gasteiger charge is 2.31. The molecule has 82 valence electrons. The Morgan fingerprint density at radius 1 is 1.33 bits per heavy atom. The number of nitrogens with zero attached hydrogens (tertiary/aromatic N) is 1. The van der Waals surface area contributed by atoms with Gasteiger partial charge < -0.3 is 0 Å². The van der Waals surface area contributed by atoms with E-state index >= 15 is 0 Å². The van der Waals surface area contributed by atoms with Crippen LogP contribution in [0.1, 0.15) is 5.69 Å². The Hall–Kier alpha value is -0.480. The van der Waals surface area contributed by atoms with E-state index in [1.54, 1.807) is 6.20 Å². The van der Waals surface area contributed by atoms with E-state index in [0.29, 0.717) is 5.88 Å². The van der Waals surface area contributed by atoms with E-state index in [1.807, 2.05) is 18.2 Å². The molecule has 1 aromatic rings. The predicted molar refractivity (Wildman–Crippen MR) is 54.5 cm³/mol. The van der Waals surface area contributed by atoms with Gasteiger partial charge in [0.15, 0.2) is 4.31 Å². The lowest BCUT2D eigenvalue weighted by molar-refractivity contribution is 0.371. The van der Waals surface area contributed by atoms with Gasteiger partial charge in [-0.2, -0.15) is 0 Å². The highest BCUT2D eigenvalue weighted by atomic mass is 35.5. The topological polar surface area (TPSA) is 96.7 Å². The summed E-state index contributed by atoms with van der Waals surface area (Å²) < 4.78 is 22.2. The van der Waals surface area contributed by atoms with Crippen LogP contribution in [0.15, 0.2) is 24.4 Å². The summed E-state index contributed by atoms with van der Waals surface area (Å²) in [5.74, 6) is 0.501. The highest BCUT2D eigenvalue weighted by Crippen LogP contribution is 2.30. The smallest absolute Gasteiger partial charge is 0.260 e. The lowest BCUT2D eigenvalue weighted by atomic mass is 10.4. The first-order valence-electron chi connectivity index (χ1n) is 3.52. The summed E-state index contributed by atoms with van der Waals surface area (Å²) in [5, 5.41) is 0. The molecule has 0 aromatic carbocycles. The van der Waals surface area contributed by atoms with Gasteiger partial charge in [-0.1, -0.05) is 6.07 Å². The zero-order valence-electron chi connectivity index (χ0n) is 7.36. The monoisotopic (exact) mass is 271 g/mol. The van der Waals surface area contributed by atoms with Crippen molar-refractivity contribution >= 4 is 28.1 Å². The molecule has 0 aliphatic heterocycles. The zero-order valence-corrected chi connectivity index (χ0v) is 9.90. The van der Waals surface area contributed by atoms with Crippen LogP contribution in [-0.2, 0) is 19.3 Å². The molecule has 0 saturated heterocycles. The minimum absolute atomic E-state index is 0.501. The van der Waals surface area contributed by atoms with Gasteiger partial charge in [0.1, 0.15) is 0 Å². The molecule has 6 nitrogen and oxygen atoms in total. The molecule has 2 atom stereocenters. The molecule has 9 heteroatoms. The average Bonchev–Trinajstić information content (AvgIpc) is 2.18. The fourth-order valence-electron chi connectivity index (χ4n) is 0.537. The third-order valence-electron chi connectivity index (χ3n) is 1.00. The van der Waals surface area contributed by atoms with Crippen molar-refractivity contribution in [3.05, 3.63) is 30.1 Å². The first kappa shape index (κ1) is 14.5. The van der Waals surface area contributed by atoms with Crippen LogP contribution < -0.4 is 0 Å². The fourth-order valence-corrected chi connectivity index (χ4v) is 1.17. The van der Waals surface area contributed by atoms with Gasteiger partial charge in [0.25, 0.3) is 0 Å². The Morgan fingerprint density at radius 2 is 1.93 bits per heavy atom. The van der Waals surface area contributed by atoms with Crippen molar-refractivity contribution in [3.63, 3.8) is 0 Å². The molecule has 2 unspecified atom stereocenters. The maximum Gasteiger partial charge on any atom is 0.745 e. The van der Waals surface area contributed by atoms with Gasteiger partial charge >= 0.3 is 16.5 Å². The van der Waals surface area contributed by atoms with E-state index in [0.717, 1.165) is 5.69 Å². The van der Waals surface area contributed by atoms with Crippen LogP contribution in [0.2, 0.25) is 0 Å². The minimum Gasteiger partial charge on any atom is -0.260 e. The van der Waals surface area contributed by atoms with E-state index in [-0.39, 0.29) is 0 Å². The van der Waals surface area contributed by atoms with Crippen molar-refractivity contribution in [1.29, 1.82) is 0 Å². The third kappa shape index (κ3) is 9.82. The summed E-state index contributed by atoms with van der Waals surface area (Å²) in [6, 6.07) is 5.69. The number of hydrogen-bond donors (Lipinski definition) is 2. The van der Waals surface area contributed by atoms with Crippen molar-refractivity contribution in [2.45, 2.75) is 5.88 Å². The summed E-state index contributed by atoms with van der Waals surface area (Å²) in [5.41, 5.74) is 0.925. The fraction of sp³-hybridized carbons (Fsp3) is 0.167. The van der Waals surface area contributed by atoms with Gasteiger partial charge in [-0.05, 0) is 12.1 Å². The molecule has 2 N–H and O–H groups in total. The number of aromatic nitrogens is 1. The average molecular weight is 272 g/mol. The molecule has 0 spiro atoms. The lowest BCUT2D eigenvalue weighted by Gasteiger charge is -1.87. The summed E-state index contributed by atoms with van der Waals surface area (Å²) in [6.07, 6.45) is 1.73. The third-order valence-corrected chi connectivity index (χ3v) is 2.39. The van der Waals surface area contributed by atoms with Crippen LogP contribution in [0.5, 0.6) is 0 Å². The maximum atomic E-state index is 9.39. The number of hydrogen-bond acceptors (Lipinski definition) is 4. The molecule has 0 aliphatic carbocycles. The first-order chi connectivity index (χ1) is 7.06. The molecule has 1 aromatic heterocycles. The Morgan fingerprint density at radius 3 is 2.13 bits per heavy atom. The largest absolute Gasteiger partial charge is 0.745 e. The van der Waals surface area contributed by atoms with Crippen LogP contribution in [0.3, 0.4) is 0 Å². The minimum atomic E-state index is -2.92. The van der Waals surface area contributed by atoms with Gasteiger partial charge in [-0.3, -0.25) is 4.98 Å². The molecule has 0 bridgehead atoms. The van der Waals surface area contributed by atoms with E-state index in [9.17, 15) is 9.13 Å². The number of pyridine rings is 1. The van der Waals surface area contributed by atoms with E-state index in [4.69, 9.17) is 21.4 Å². The molecular formula is C6H8ClNO5P2+2. The van der Waals surface area contributed by atoms with E-state index in [2.05, 4.69) is 9.29 Å². The predicted octanol–water partition coefficient (Wildman–Crippen LogP) is 2.12. The van der Waals surface area contributed by atoms with Gasteiger partial charge in [0.05, 0.1) is 11.6 Å². The normalized spacial score (nSPS) is 11.1. The van der Waals surface area contributed by atoms with Gasteiger partial charge in [-0.15, -0.1) is 21.4 Å². The second kappa shape index (κ2) is 8.80. The quantitative estimate of drug-likeness (QED) is 0.645. The lowest BCUT2D eigenvalue weighted by Crippen LogP contribution is -1.79. The number of alkyl halides is 1. The second-order valence-corrected chi connectivity index (χ2v) is 3.88. The van der Waals surface area contributed by atoms with Crippen LogP contribution in [0.25, 0.3) is 0 Å². The summed E-state index contributed by atoms with van der Waals surface area (Å²) in [7, 11) is -5.85. The standard InChI is InChI=1S/C6H6ClN.O5P2/c7-5-6-3-1-2-4-8-6;1-6(2)5-7(3)4/h1-4H,5H2;/p+2. The molecule has 1 heterocycles. The van der Waals surface area contributed by atoms with Crippen molar-refractivity contribution < 1.29 is 23.2 Å². The van der Waals surface area contributed by atoms with Crippen molar-refractivity contribution in [1.82, 2.24) is 4.98 Å². The molecule has 0 amide bonds. The van der Waals surface area contributed by atoms with Crippen LogP contribution in [-0.4, -0.2) is 14.8 Å². The number of rotatable bonds is 3. The Bertz CT molecular complexity index is 311. The molecule has 0 saturated carbocycles. The van der Waals surface area contributed by atoms with Crippen LogP contribution in [0, 0.1) is 0 Å². The van der Waals surface area contributed by atoms with E-state index < -0.39 is 16.5 Å². The molecule has 1 rings (SSSR count). The molecular weight excluding hydrogens is 263 g/mol. The number of halogens is 1. The van der Waals surface area contributed by atoms with Gasteiger partial charge in [-0.25, -0.2) is 0 Å². The van der Waals surface area contributed by atoms with Crippen molar-refractivity contribution in [2.24, 2.45) is 0 Å². The summed E-state index contributed by atoms with van der Waals surface area (Å²) >= 11 is 5.46. The van der Waals surface area contributed by atoms with E-state index in [1.165, 1.54) is 0 Å². The van der Waals surface area contributed by atoms with Gasteiger partial charge in [0, 0.05) is 15.3 Å². The zero-order chi connectivity index (χ0) is 11.7. The molecule has 0 fully saturated rings. The SMILES string of the molecule is ClCc1ccccn1.O=[P+](O)O[P+](=O)O. The molecule has 0 aliphatic rings. The highest BCUT2D eigenvalue weighted by molar-refractivity contribution is 7.46. The summed E-state index contributed by atoms with van der Waals surface area (Å²) in [4.78, 5) is 19.3. The second-order valence-electron chi connectivity index (χ2n) is 2.01. The van der Waals surface area contributed by atoms with Crippen LogP contribution in [0.4, 0.5) is 0 Å².